The molecule has 4 heteroatoms. The largest absolute Gasteiger partial charge is 0.454 e. The molecule has 1 aliphatic heterocycles. The van der Waals surface area contributed by atoms with Crippen LogP contribution in [-0.2, 0) is 14.3 Å². The summed E-state index contributed by atoms with van der Waals surface area (Å²) in [4.78, 5) is 11.6. The standard InChI is InChI=1S/C14H26O3Si/c1-6-12(15)17-13(3,7-2)14(18(4)5)10-8-9-11-16-14/h6,18H,1,7-11H2,2-5H3. The Hall–Kier alpha value is -0.613. The zero-order valence-corrected chi connectivity index (χ0v) is 13.3. The molecule has 2 unspecified atom stereocenters. The molecule has 0 aromatic rings. The van der Waals surface area contributed by atoms with Crippen LogP contribution in [-0.4, -0.2) is 32.2 Å². The van der Waals surface area contributed by atoms with Gasteiger partial charge in [0.15, 0.2) is 0 Å². The Bertz CT molecular complexity index is 308. The van der Waals surface area contributed by atoms with Crippen LogP contribution in [0.1, 0.15) is 39.5 Å². The first-order valence-electron chi connectivity index (χ1n) is 6.91. The molecule has 0 aromatic heterocycles. The van der Waals surface area contributed by atoms with Crippen LogP contribution < -0.4 is 0 Å². The monoisotopic (exact) mass is 270 g/mol. The third kappa shape index (κ3) is 2.69. The van der Waals surface area contributed by atoms with Crippen LogP contribution in [0.4, 0.5) is 0 Å². The van der Waals surface area contributed by atoms with E-state index in [0.29, 0.717) is 0 Å². The van der Waals surface area contributed by atoms with Crippen molar-refractivity contribution in [2.75, 3.05) is 6.61 Å². The highest BCUT2D eigenvalue weighted by atomic mass is 28.3. The molecule has 0 radical (unpaired) electrons. The average Bonchev–Trinajstić information content (AvgIpc) is 2.38. The van der Waals surface area contributed by atoms with E-state index in [4.69, 9.17) is 9.47 Å². The third-order valence-corrected chi connectivity index (χ3v) is 7.23. The molecule has 1 fully saturated rings. The Morgan fingerprint density at radius 1 is 1.56 bits per heavy atom. The van der Waals surface area contributed by atoms with Gasteiger partial charge in [-0.3, -0.25) is 0 Å². The van der Waals surface area contributed by atoms with Gasteiger partial charge in [-0.2, -0.15) is 0 Å². The van der Waals surface area contributed by atoms with Crippen LogP contribution in [0.5, 0.6) is 0 Å². The van der Waals surface area contributed by atoms with Crippen molar-refractivity contribution in [1.29, 1.82) is 0 Å². The van der Waals surface area contributed by atoms with E-state index in [-0.39, 0.29) is 11.2 Å². The molecule has 0 spiro atoms. The van der Waals surface area contributed by atoms with E-state index < -0.39 is 14.4 Å². The molecule has 0 aromatic carbocycles. The summed E-state index contributed by atoms with van der Waals surface area (Å²) < 4.78 is 11.9. The molecule has 0 aliphatic carbocycles. The Kier molecular flexibility index (Phi) is 5.17. The minimum Gasteiger partial charge on any atom is -0.454 e. The van der Waals surface area contributed by atoms with Gasteiger partial charge >= 0.3 is 5.97 Å². The maximum Gasteiger partial charge on any atom is 0.330 e. The molecule has 0 saturated carbocycles. The minimum absolute atomic E-state index is 0.237. The molecule has 1 saturated heterocycles. The number of hydrogen-bond donors (Lipinski definition) is 0. The second-order valence-corrected chi connectivity index (χ2v) is 8.80. The highest BCUT2D eigenvalue weighted by Gasteiger charge is 2.53. The van der Waals surface area contributed by atoms with Crippen molar-refractivity contribution in [3.05, 3.63) is 12.7 Å². The van der Waals surface area contributed by atoms with Crippen LogP contribution >= 0.6 is 0 Å². The van der Waals surface area contributed by atoms with Crippen molar-refractivity contribution in [2.45, 2.75) is 63.5 Å². The quantitative estimate of drug-likeness (QED) is 0.438. The van der Waals surface area contributed by atoms with Crippen molar-refractivity contribution in [1.82, 2.24) is 0 Å². The average molecular weight is 270 g/mol. The molecule has 104 valence electrons. The lowest BCUT2D eigenvalue weighted by Gasteiger charge is -2.51. The normalized spacial score (nSPS) is 27.6. The van der Waals surface area contributed by atoms with Crippen molar-refractivity contribution < 1.29 is 14.3 Å². The smallest absolute Gasteiger partial charge is 0.330 e. The predicted octanol–water partition coefficient (Wildman–Crippen LogP) is 2.85. The minimum atomic E-state index is -1.13. The van der Waals surface area contributed by atoms with E-state index in [1.165, 1.54) is 6.08 Å². The highest BCUT2D eigenvalue weighted by Crippen LogP contribution is 2.41. The number of carbonyl (C=O) groups excluding carboxylic acids is 1. The number of hydrogen-bond acceptors (Lipinski definition) is 3. The molecule has 0 amide bonds. The second-order valence-electron chi connectivity index (χ2n) is 5.56. The molecule has 0 N–H and O–H groups in total. The fourth-order valence-corrected chi connectivity index (χ4v) is 5.74. The number of rotatable bonds is 5. The van der Waals surface area contributed by atoms with Crippen LogP contribution in [0, 0.1) is 0 Å². The van der Waals surface area contributed by atoms with Crippen LogP contribution in [0.3, 0.4) is 0 Å². The second kappa shape index (κ2) is 6.02. The van der Waals surface area contributed by atoms with Crippen LogP contribution in [0.25, 0.3) is 0 Å². The lowest BCUT2D eigenvalue weighted by Crippen LogP contribution is -2.64. The Labute approximate surface area is 112 Å². The molecule has 18 heavy (non-hydrogen) atoms. The molecule has 1 heterocycles. The molecule has 3 nitrogen and oxygen atoms in total. The molecule has 1 rings (SSSR count). The Morgan fingerprint density at radius 2 is 2.22 bits per heavy atom. The summed E-state index contributed by atoms with van der Waals surface area (Å²) in [6.07, 6.45) is 5.29. The lowest BCUT2D eigenvalue weighted by molar-refractivity contribution is -0.189. The fraction of sp³-hybridized carbons (Fsp3) is 0.786. The fourth-order valence-electron chi connectivity index (χ4n) is 3.02. The van der Waals surface area contributed by atoms with Gasteiger partial charge in [0.2, 0.25) is 0 Å². The van der Waals surface area contributed by atoms with E-state index >= 15 is 0 Å². The van der Waals surface area contributed by atoms with Crippen molar-refractivity contribution in [3.63, 3.8) is 0 Å². The van der Waals surface area contributed by atoms with Crippen LogP contribution in [0.2, 0.25) is 13.1 Å². The van der Waals surface area contributed by atoms with E-state index in [9.17, 15) is 4.79 Å². The predicted molar refractivity (Wildman–Crippen MR) is 76.4 cm³/mol. The molecular formula is C14H26O3Si. The molecule has 2 atom stereocenters. The summed E-state index contributed by atoms with van der Waals surface area (Å²) >= 11 is 0. The summed E-state index contributed by atoms with van der Waals surface area (Å²) in [5, 5.41) is -0.237. The summed E-state index contributed by atoms with van der Waals surface area (Å²) in [6, 6.07) is 0. The van der Waals surface area contributed by atoms with E-state index in [1.54, 1.807) is 0 Å². The first-order chi connectivity index (χ1) is 8.42. The topological polar surface area (TPSA) is 35.5 Å². The van der Waals surface area contributed by atoms with Crippen LogP contribution in [0.15, 0.2) is 12.7 Å². The summed E-state index contributed by atoms with van der Waals surface area (Å²) in [6.45, 7) is 12.9. The van der Waals surface area contributed by atoms with Gasteiger partial charge in [0, 0.05) is 12.7 Å². The van der Waals surface area contributed by atoms with Gasteiger partial charge in [0.05, 0.1) is 14.0 Å². The first kappa shape index (κ1) is 15.4. The van der Waals surface area contributed by atoms with Gasteiger partial charge in [0.1, 0.15) is 5.60 Å². The Balaban J connectivity index is 3.06. The summed E-state index contributed by atoms with van der Waals surface area (Å²) in [5.41, 5.74) is -0.529. The van der Waals surface area contributed by atoms with E-state index in [0.717, 1.165) is 32.3 Å². The van der Waals surface area contributed by atoms with Gasteiger partial charge in [-0.1, -0.05) is 26.6 Å². The number of esters is 1. The summed E-state index contributed by atoms with van der Waals surface area (Å²) in [7, 11) is -1.13. The summed E-state index contributed by atoms with van der Waals surface area (Å²) in [5.74, 6) is -0.345. The lowest BCUT2D eigenvalue weighted by atomic mass is 9.89. The molecular weight excluding hydrogens is 244 g/mol. The van der Waals surface area contributed by atoms with Gasteiger partial charge in [-0.25, -0.2) is 4.79 Å². The maximum atomic E-state index is 11.6. The zero-order valence-electron chi connectivity index (χ0n) is 12.1. The van der Waals surface area contributed by atoms with Gasteiger partial charge in [0.25, 0.3) is 0 Å². The van der Waals surface area contributed by atoms with E-state index in [1.807, 2.05) is 6.92 Å². The SMILES string of the molecule is C=CC(=O)OC(C)(CC)C1([SiH](C)C)CCCCO1. The van der Waals surface area contributed by atoms with Gasteiger partial charge in [-0.05, 0) is 32.6 Å². The van der Waals surface area contributed by atoms with Gasteiger partial charge < -0.3 is 9.47 Å². The first-order valence-corrected chi connectivity index (χ1v) is 9.80. The van der Waals surface area contributed by atoms with E-state index in [2.05, 4.69) is 26.6 Å². The Morgan fingerprint density at radius 3 is 2.61 bits per heavy atom. The number of carbonyl (C=O) groups is 1. The zero-order chi connectivity index (χ0) is 13.8. The van der Waals surface area contributed by atoms with Gasteiger partial charge in [-0.15, -0.1) is 0 Å². The van der Waals surface area contributed by atoms with Crippen molar-refractivity contribution in [3.8, 4) is 0 Å². The third-order valence-electron chi connectivity index (χ3n) is 4.30. The molecule has 0 bridgehead atoms. The van der Waals surface area contributed by atoms with Crippen molar-refractivity contribution in [2.24, 2.45) is 0 Å². The number of ether oxygens (including phenoxy) is 2. The molecule has 1 aliphatic rings. The maximum absolute atomic E-state index is 11.6. The highest BCUT2D eigenvalue weighted by molar-refractivity contribution is 6.59. The van der Waals surface area contributed by atoms with Crippen molar-refractivity contribution >= 4 is 14.8 Å².